The maximum Gasteiger partial charge on any atom is 0.251 e. The number of nitrogens with one attached hydrogen (secondary N) is 2. The number of carbonyl (C=O) groups is 2. The lowest BCUT2D eigenvalue weighted by atomic mass is 10.1. The van der Waals surface area contributed by atoms with Crippen molar-refractivity contribution in [2.75, 3.05) is 25.0 Å². The molecule has 0 saturated carbocycles. The van der Waals surface area contributed by atoms with Crippen molar-refractivity contribution in [1.82, 2.24) is 9.62 Å². The number of hydrogen-bond acceptors (Lipinski definition) is 4. The van der Waals surface area contributed by atoms with E-state index in [2.05, 4.69) is 10.6 Å². The van der Waals surface area contributed by atoms with Gasteiger partial charge in [0.25, 0.3) is 5.91 Å². The molecule has 0 aromatic heterocycles. The quantitative estimate of drug-likeness (QED) is 0.708. The summed E-state index contributed by atoms with van der Waals surface area (Å²) < 4.78 is 27.0. The van der Waals surface area contributed by atoms with E-state index in [0.717, 1.165) is 24.0 Å². The predicted octanol–water partition coefficient (Wildman–Crippen LogP) is 3.11. The molecule has 3 rings (SSSR count). The highest BCUT2D eigenvalue weighted by Crippen LogP contribution is 2.28. The summed E-state index contributed by atoms with van der Waals surface area (Å²) in [5.41, 5.74) is 2.67. The fourth-order valence-electron chi connectivity index (χ4n) is 3.37. The van der Waals surface area contributed by atoms with E-state index in [0.29, 0.717) is 18.8 Å². The zero-order valence-corrected chi connectivity index (χ0v) is 18.4. The molecule has 1 aliphatic rings. The maximum absolute atomic E-state index is 12.8. The molecule has 1 saturated heterocycles. The van der Waals surface area contributed by atoms with Gasteiger partial charge in [-0.2, -0.15) is 4.31 Å². The number of amides is 2. The number of hydrogen-bond donors (Lipinski definition) is 2. The highest BCUT2D eigenvalue weighted by molar-refractivity contribution is 7.89. The van der Waals surface area contributed by atoms with E-state index in [-0.39, 0.29) is 27.9 Å². The Morgan fingerprint density at radius 3 is 2.33 bits per heavy atom. The van der Waals surface area contributed by atoms with Crippen LogP contribution in [0, 0.1) is 13.8 Å². The molecule has 1 fully saturated rings. The zero-order valence-electron chi connectivity index (χ0n) is 16.9. The Morgan fingerprint density at radius 2 is 1.70 bits per heavy atom. The van der Waals surface area contributed by atoms with Gasteiger partial charge in [0.15, 0.2) is 0 Å². The fraction of sp³-hybridized carbons (Fsp3) is 0.333. The van der Waals surface area contributed by atoms with Gasteiger partial charge in [0.1, 0.15) is 4.90 Å². The molecule has 9 heteroatoms. The van der Waals surface area contributed by atoms with Crippen LogP contribution >= 0.6 is 11.6 Å². The first-order chi connectivity index (χ1) is 14.2. The summed E-state index contributed by atoms with van der Waals surface area (Å²) >= 11 is 6.11. The second kappa shape index (κ2) is 9.16. The van der Waals surface area contributed by atoms with E-state index < -0.39 is 15.9 Å². The van der Waals surface area contributed by atoms with Gasteiger partial charge in [-0.25, -0.2) is 8.42 Å². The van der Waals surface area contributed by atoms with Crippen LogP contribution in [-0.4, -0.2) is 44.2 Å². The number of carbonyl (C=O) groups excluding carboxylic acids is 2. The van der Waals surface area contributed by atoms with Crippen LogP contribution in [0.3, 0.4) is 0 Å². The smallest absolute Gasteiger partial charge is 0.251 e. The van der Waals surface area contributed by atoms with Crippen molar-refractivity contribution in [2.24, 2.45) is 0 Å². The normalized spacial score (nSPS) is 14.5. The Hall–Kier alpha value is -2.42. The fourth-order valence-corrected chi connectivity index (χ4v) is 5.39. The van der Waals surface area contributed by atoms with Crippen LogP contribution in [0.5, 0.6) is 0 Å². The molecule has 160 valence electrons. The molecule has 0 unspecified atom stereocenters. The Balaban J connectivity index is 1.69. The van der Waals surface area contributed by atoms with Gasteiger partial charge < -0.3 is 10.6 Å². The van der Waals surface area contributed by atoms with E-state index in [4.69, 9.17) is 11.6 Å². The number of sulfonamides is 1. The van der Waals surface area contributed by atoms with E-state index in [1.165, 1.54) is 22.5 Å². The first-order valence-corrected chi connectivity index (χ1v) is 11.5. The SMILES string of the molecule is Cc1cccc(C)c1NC(=O)CNC(=O)c1ccc(Cl)c(S(=O)(=O)N2CCCC2)c1. The van der Waals surface area contributed by atoms with Crippen LogP contribution in [-0.2, 0) is 14.8 Å². The third-order valence-corrected chi connectivity index (χ3v) is 7.41. The molecule has 0 aliphatic carbocycles. The molecule has 2 N–H and O–H groups in total. The van der Waals surface area contributed by atoms with E-state index in [1.807, 2.05) is 32.0 Å². The largest absolute Gasteiger partial charge is 0.343 e. The topological polar surface area (TPSA) is 95.6 Å². The van der Waals surface area contributed by atoms with Gasteiger partial charge in [0, 0.05) is 24.3 Å². The minimum absolute atomic E-state index is 0.0613. The van der Waals surface area contributed by atoms with E-state index in [9.17, 15) is 18.0 Å². The zero-order chi connectivity index (χ0) is 21.9. The standard InChI is InChI=1S/C21H24ClN3O4S/c1-14-6-5-7-15(2)20(14)24-19(26)13-23-21(27)16-8-9-17(22)18(12-16)30(28,29)25-10-3-4-11-25/h5-9,12H,3-4,10-11,13H2,1-2H3,(H,23,27)(H,24,26). The third-order valence-electron chi connectivity index (χ3n) is 5.03. The number of nitrogens with zero attached hydrogens (tertiary/aromatic N) is 1. The summed E-state index contributed by atoms with van der Waals surface area (Å²) in [6, 6.07) is 9.75. The lowest BCUT2D eigenvalue weighted by Crippen LogP contribution is -2.33. The summed E-state index contributed by atoms with van der Waals surface area (Å²) in [6.07, 6.45) is 1.60. The van der Waals surface area contributed by atoms with Gasteiger partial charge in [0.05, 0.1) is 11.6 Å². The first kappa shape index (κ1) is 22.3. The minimum atomic E-state index is -3.76. The molecule has 30 heavy (non-hydrogen) atoms. The van der Waals surface area contributed by atoms with Gasteiger partial charge in [-0.15, -0.1) is 0 Å². The first-order valence-electron chi connectivity index (χ1n) is 9.64. The lowest BCUT2D eigenvalue weighted by Gasteiger charge is -2.17. The summed E-state index contributed by atoms with van der Waals surface area (Å²) in [5, 5.41) is 5.37. The van der Waals surface area contributed by atoms with Gasteiger partial charge in [0.2, 0.25) is 15.9 Å². The molecule has 1 aliphatic heterocycles. The monoisotopic (exact) mass is 449 g/mol. The van der Waals surface area contributed by atoms with Crippen LogP contribution in [0.1, 0.15) is 34.3 Å². The molecule has 0 bridgehead atoms. The Bertz CT molecular complexity index is 1060. The van der Waals surface area contributed by atoms with Crippen molar-refractivity contribution in [3.8, 4) is 0 Å². The van der Waals surface area contributed by atoms with E-state index in [1.54, 1.807) is 0 Å². The maximum atomic E-state index is 12.8. The number of aryl methyl sites for hydroxylation is 2. The molecule has 1 heterocycles. The van der Waals surface area contributed by atoms with Gasteiger partial charge >= 0.3 is 0 Å². The second-order valence-corrected chi connectivity index (χ2v) is 9.57. The average Bonchev–Trinajstić information content (AvgIpc) is 3.25. The number of anilines is 1. The molecule has 0 atom stereocenters. The van der Waals surface area contributed by atoms with Gasteiger partial charge in [-0.05, 0) is 56.0 Å². The Labute approximate surface area is 181 Å². The molecule has 0 radical (unpaired) electrons. The third kappa shape index (κ3) is 4.83. The molecule has 2 aromatic rings. The van der Waals surface area contributed by atoms with E-state index >= 15 is 0 Å². The minimum Gasteiger partial charge on any atom is -0.343 e. The van der Waals surface area contributed by atoms with Crippen molar-refractivity contribution in [3.63, 3.8) is 0 Å². The molecular formula is C21H24ClN3O4S. The summed E-state index contributed by atoms with van der Waals surface area (Å²) in [7, 11) is -3.76. The van der Waals surface area contributed by atoms with Crippen LogP contribution in [0.15, 0.2) is 41.3 Å². The molecule has 7 nitrogen and oxygen atoms in total. The van der Waals surface area contributed by atoms with Gasteiger partial charge in [-0.1, -0.05) is 29.8 Å². The Kier molecular flexibility index (Phi) is 6.80. The molecular weight excluding hydrogens is 426 g/mol. The number of halogens is 1. The number of benzene rings is 2. The number of rotatable bonds is 6. The lowest BCUT2D eigenvalue weighted by molar-refractivity contribution is -0.115. The van der Waals surface area contributed by atoms with Crippen molar-refractivity contribution in [3.05, 3.63) is 58.1 Å². The van der Waals surface area contributed by atoms with Crippen LogP contribution in [0.2, 0.25) is 5.02 Å². The molecule has 2 aromatic carbocycles. The van der Waals surface area contributed by atoms with Crippen molar-refractivity contribution >= 4 is 39.1 Å². The van der Waals surface area contributed by atoms with Crippen LogP contribution in [0.4, 0.5) is 5.69 Å². The van der Waals surface area contributed by atoms with Crippen LogP contribution < -0.4 is 10.6 Å². The predicted molar refractivity (Wildman–Crippen MR) is 116 cm³/mol. The van der Waals surface area contributed by atoms with Crippen molar-refractivity contribution in [2.45, 2.75) is 31.6 Å². The molecule has 0 spiro atoms. The van der Waals surface area contributed by atoms with Crippen molar-refractivity contribution < 1.29 is 18.0 Å². The van der Waals surface area contributed by atoms with Crippen LogP contribution in [0.25, 0.3) is 0 Å². The molecule has 2 amide bonds. The summed E-state index contributed by atoms with van der Waals surface area (Å²) in [6.45, 7) is 4.40. The highest BCUT2D eigenvalue weighted by atomic mass is 35.5. The van der Waals surface area contributed by atoms with Gasteiger partial charge in [-0.3, -0.25) is 9.59 Å². The highest BCUT2D eigenvalue weighted by Gasteiger charge is 2.29. The summed E-state index contributed by atoms with van der Waals surface area (Å²) in [4.78, 5) is 24.7. The summed E-state index contributed by atoms with van der Waals surface area (Å²) in [5.74, 6) is -0.930. The Morgan fingerprint density at radius 1 is 1.07 bits per heavy atom. The second-order valence-electron chi connectivity index (χ2n) is 7.25. The van der Waals surface area contributed by atoms with Crippen molar-refractivity contribution in [1.29, 1.82) is 0 Å². The number of para-hydroxylation sites is 1. The average molecular weight is 450 g/mol.